The first-order chi connectivity index (χ1) is 22.5. The number of para-hydroxylation sites is 1. The van der Waals surface area contributed by atoms with Crippen LogP contribution in [0.2, 0.25) is 0 Å². The van der Waals surface area contributed by atoms with Crippen molar-refractivity contribution >= 4 is 11.9 Å². The number of aryl methyl sites for hydroxylation is 3. The number of ether oxygens (including phenoxy) is 1. The highest BCUT2D eigenvalue weighted by molar-refractivity contribution is 5.88. The van der Waals surface area contributed by atoms with Crippen LogP contribution in [-0.4, -0.2) is 22.2 Å². The molecule has 2 aliphatic rings. The lowest BCUT2D eigenvalue weighted by Gasteiger charge is -2.33. The lowest BCUT2D eigenvalue weighted by molar-refractivity contribution is -0.137. The van der Waals surface area contributed by atoms with Gasteiger partial charge in [-0.05, 0) is 122 Å². The van der Waals surface area contributed by atoms with Gasteiger partial charge in [0.05, 0.1) is 5.56 Å². The zero-order chi connectivity index (χ0) is 32.1. The van der Waals surface area contributed by atoms with Gasteiger partial charge in [-0.1, -0.05) is 93.5 Å². The minimum Gasteiger partial charge on any atom is -0.489 e. The van der Waals surface area contributed by atoms with Crippen LogP contribution in [0.1, 0.15) is 134 Å². The summed E-state index contributed by atoms with van der Waals surface area (Å²) in [7, 11) is 0. The van der Waals surface area contributed by atoms with Gasteiger partial charge in [-0.15, -0.1) is 0 Å². The number of hydrogen-bond acceptors (Lipinski definition) is 3. The van der Waals surface area contributed by atoms with Crippen LogP contribution in [0.15, 0.2) is 66.7 Å². The lowest BCUT2D eigenvalue weighted by Crippen LogP contribution is -2.20. The smallest absolute Gasteiger partial charge is 0.335 e. The van der Waals surface area contributed by atoms with Crippen molar-refractivity contribution in [2.24, 2.45) is 11.8 Å². The first-order valence-corrected chi connectivity index (χ1v) is 17.8. The Bertz CT molecular complexity index is 1400. The van der Waals surface area contributed by atoms with Crippen molar-refractivity contribution in [2.75, 3.05) is 0 Å². The second-order valence-corrected chi connectivity index (χ2v) is 13.8. The van der Waals surface area contributed by atoms with Crippen molar-refractivity contribution in [1.29, 1.82) is 0 Å². The fraction of sp³-hybridized carbons (Fsp3) is 0.512. The summed E-state index contributed by atoms with van der Waals surface area (Å²) in [6, 6.07) is 23.1. The number of unbranched alkanes of at least 4 members (excludes halogenated alkanes) is 2. The number of aromatic carboxylic acids is 1. The Balaban J connectivity index is 1.21. The molecule has 3 aromatic carbocycles. The average molecular weight is 625 g/mol. The molecule has 0 spiro atoms. The van der Waals surface area contributed by atoms with E-state index in [1.54, 1.807) is 6.07 Å². The van der Waals surface area contributed by atoms with Crippen molar-refractivity contribution in [3.63, 3.8) is 0 Å². The van der Waals surface area contributed by atoms with Crippen molar-refractivity contribution in [1.82, 2.24) is 0 Å². The Hall–Kier alpha value is -3.60. The molecule has 0 amide bonds. The Morgan fingerprint density at radius 2 is 1.57 bits per heavy atom. The van der Waals surface area contributed by atoms with E-state index in [4.69, 9.17) is 9.84 Å². The number of carbonyl (C=O) groups is 2. The van der Waals surface area contributed by atoms with Crippen LogP contribution in [-0.2, 0) is 30.7 Å². The van der Waals surface area contributed by atoms with Gasteiger partial charge in [0.1, 0.15) is 12.4 Å². The summed E-state index contributed by atoms with van der Waals surface area (Å²) in [6.45, 7) is 0.550. The molecule has 1 saturated carbocycles. The van der Waals surface area contributed by atoms with Crippen LogP contribution in [0.5, 0.6) is 5.75 Å². The highest BCUT2D eigenvalue weighted by Gasteiger charge is 2.28. The van der Waals surface area contributed by atoms with Crippen molar-refractivity contribution in [3.8, 4) is 5.75 Å². The first-order valence-electron chi connectivity index (χ1n) is 17.8. The second kappa shape index (κ2) is 17.4. The molecule has 2 N–H and O–H groups in total. The quantitative estimate of drug-likeness (QED) is 0.146. The molecule has 1 unspecified atom stereocenters. The number of hydrogen-bond donors (Lipinski definition) is 2. The van der Waals surface area contributed by atoms with Gasteiger partial charge in [0.25, 0.3) is 0 Å². The predicted octanol–water partition coefficient (Wildman–Crippen LogP) is 10.2. The third kappa shape index (κ3) is 9.95. The maximum atomic E-state index is 11.6. The standard InChI is InChI=1S/C41H52O5/c42-40(43)17-6-2-5-12-33(37-15-9-14-35-28-36(41(44)45)26-27-38(35)37)24-25-34-13-7-8-16-39(34)46-29-32-22-20-31(21-23-32)19-18-30-10-3-1-4-11-30/h7-8,13,16,20-23,26-28,30,33,37H,1-6,9-12,14-15,17-19,24-25,29H2,(H,42,43)(H,44,45)/t33-,37?/m0/s1. The minimum atomic E-state index is -0.873. The van der Waals surface area contributed by atoms with E-state index in [0.29, 0.717) is 30.4 Å². The molecule has 246 valence electrons. The highest BCUT2D eigenvalue weighted by Crippen LogP contribution is 2.42. The summed E-state index contributed by atoms with van der Waals surface area (Å²) in [5, 5.41) is 18.6. The summed E-state index contributed by atoms with van der Waals surface area (Å²) in [5.41, 5.74) is 6.68. The zero-order valence-corrected chi connectivity index (χ0v) is 27.4. The fourth-order valence-corrected chi connectivity index (χ4v) is 7.88. The molecular weight excluding hydrogens is 572 g/mol. The molecule has 5 nitrogen and oxygen atoms in total. The number of carboxylic acid groups (broad SMARTS) is 2. The summed E-state index contributed by atoms with van der Waals surface area (Å²) < 4.78 is 6.41. The molecule has 0 heterocycles. The summed E-state index contributed by atoms with van der Waals surface area (Å²) >= 11 is 0. The topological polar surface area (TPSA) is 83.8 Å². The zero-order valence-electron chi connectivity index (χ0n) is 27.4. The largest absolute Gasteiger partial charge is 0.489 e. The Morgan fingerprint density at radius 1 is 0.783 bits per heavy atom. The van der Waals surface area contributed by atoms with E-state index in [1.807, 2.05) is 12.1 Å². The molecule has 0 aliphatic heterocycles. The Labute approximate surface area is 275 Å². The lowest BCUT2D eigenvalue weighted by atomic mass is 9.72. The molecule has 0 bridgehead atoms. The maximum absolute atomic E-state index is 11.6. The Morgan fingerprint density at radius 3 is 2.35 bits per heavy atom. The van der Waals surface area contributed by atoms with E-state index in [-0.39, 0.29) is 6.42 Å². The van der Waals surface area contributed by atoms with Crippen LogP contribution in [0.3, 0.4) is 0 Å². The van der Waals surface area contributed by atoms with Gasteiger partial charge in [0.15, 0.2) is 0 Å². The molecule has 0 radical (unpaired) electrons. The van der Waals surface area contributed by atoms with Crippen LogP contribution in [0, 0.1) is 11.8 Å². The van der Waals surface area contributed by atoms with Crippen molar-refractivity contribution in [2.45, 2.75) is 122 Å². The monoisotopic (exact) mass is 624 g/mol. The third-order valence-corrected chi connectivity index (χ3v) is 10.5. The van der Waals surface area contributed by atoms with Gasteiger partial charge in [-0.3, -0.25) is 4.79 Å². The summed E-state index contributed by atoms with van der Waals surface area (Å²) in [6.07, 6.45) is 18.4. The fourth-order valence-electron chi connectivity index (χ4n) is 7.88. The SMILES string of the molecule is O=C(O)CCCCC[C@@H](CCc1ccccc1OCc1ccc(CCC2CCCCC2)cc1)C1CCCc2cc(C(=O)O)ccc21. The Kier molecular flexibility index (Phi) is 12.7. The molecule has 5 rings (SSSR count). The van der Waals surface area contributed by atoms with E-state index in [0.717, 1.165) is 63.0 Å². The van der Waals surface area contributed by atoms with E-state index < -0.39 is 11.9 Å². The molecule has 3 aromatic rings. The summed E-state index contributed by atoms with van der Waals surface area (Å²) in [4.78, 5) is 22.7. The van der Waals surface area contributed by atoms with Gasteiger partial charge in [-0.2, -0.15) is 0 Å². The number of benzene rings is 3. The average Bonchev–Trinajstić information content (AvgIpc) is 3.08. The number of carboxylic acids is 2. The van der Waals surface area contributed by atoms with Gasteiger partial charge in [-0.25, -0.2) is 4.79 Å². The number of fused-ring (bicyclic) bond motifs is 1. The normalized spacial score (nSPS) is 17.3. The molecular formula is C41H52O5. The molecule has 0 aromatic heterocycles. The van der Waals surface area contributed by atoms with E-state index in [2.05, 4.69) is 48.5 Å². The summed E-state index contributed by atoms with van der Waals surface area (Å²) in [5.74, 6) is 1.07. The molecule has 5 heteroatoms. The second-order valence-electron chi connectivity index (χ2n) is 13.8. The van der Waals surface area contributed by atoms with Crippen LogP contribution < -0.4 is 4.74 Å². The van der Waals surface area contributed by atoms with Gasteiger partial charge in [0, 0.05) is 6.42 Å². The maximum Gasteiger partial charge on any atom is 0.335 e. The number of aliphatic carboxylic acids is 1. The molecule has 2 aliphatic carbocycles. The molecule has 2 atom stereocenters. The number of rotatable bonds is 17. The van der Waals surface area contributed by atoms with Gasteiger partial charge >= 0.3 is 11.9 Å². The minimum absolute atomic E-state index is 0.225. The van der Waals surface area contributed by atoms with Crippen LogP contribution in [0.4, 0.5) is 0 Å². The third-order valence-electron chi connectivity index (χ3n) is 10.5. The van der Waals surface area contributed by atoms with E-state index in [9.17, 15) is 14.7 Å². The van der Waals surface area contributed by atoms with E-state index >= 15 is 0 Å². The molecule has 46 heavy (non-hydrogen) atoms. The van der Waals surface area contributed by atoms with Gasteiger partial charge in [0.2, 0.25) is 0 Å². The first kappa shape index (κ1) is 33.8. The van der Waals surface area contributed by atoms with Crippen molar-refractivity contribution in [3.05, 3.63) is 100 Å². The molecule has 1 fully saturated rings. The predicted molar refractivity (Wildman–Crippen MR) is 184 cm³/mol. The van der Waals surface area contributed by atoms with Crippen LogP contribution in [0.25, 0.3) is 0 Å². The van der Waals surface area contributed by atoms with Crippen molar-refractivity contribution < 1.29 is 24.5 Å². The van der Waals surface area contributed by atoms with Crippen LogP contribution >= 0.6 is 0 Å². The highest BCUT2D eigenvalue weighted by atomic mass is 16.5. The van der Waals surface area contributed by atoms with Gasteiger partial charge < -0.3 is 14.9 Å². The van der Waals surface area contributed by atoms with E-state index in [1.165, 1.54) is 72.8 Å². The molecule has 0 saturated heterocycles.